The number of anilines is 1. The van der Waals surface area contributed by atoms with E-state index in [0.717, 1.165) is 31.5 Å². The van der Waals surface area contributed by atoms with E-state index in [-0.39, 0.29) is 17.3 Å². The van der Waals surface area contributed by atoms with Crippen LogP contribution in [0.2, 0.25) is 0 Å². The van der Waals surface area contributed by atoms with E-state index in [9.17, 15) is 4.79 Å². The first-order valence-corrected chi connectivity index (χ1v) is 9.21. The van der Waals surface area contributed by atoms with Gasteiger partial charge in [-0.2, -0.15) is 9.78 Å². The molecule has 150 valence electrons. The second-order valence-corrected chi connectivity index (χ2v) is 6.59. The summed E-state index contributed by atoms with van der Waals surface area (Å²) >= 11 is 0. The molecule has 12 heteroatoms. The summed E-state index contributed by atoms with van der Waals surface area (Å²) in [6, 6.07) is 3.60. The van der Waals surface area contributed by atoms with Crippen LogP contribution in [0, 0.1) is 0 Å². The van der Waals surface area contributed by atoms with Crippen molar-refractivity contribution in [3.05, 3.63) is 41.5 Å². The molecule has 1 saturated heterocycles. The number of pyridine rings is 1. The van der Waals surface area contributed by atoms with Crippen molar-refractivity contribution in [1.82, 2.24) is 40.6 Å². The van der Waals surface area contributed by atoms with Gasteiger partial charge in [0.1, 0.15) is 0 Å². The Morgan fingerprint density at radius 1 is 1.31 bits per heavy atom. The maximum atomic E-state index is 12.7. The van der Waals surface area contributed by atoms with E-state index in [1.165, 1.54) is 17.3 Å². The maximum Gasteiger partial charge on any atom is 0.293 e. The molecule has 1 amide bonds. The third-order valence-corrected chi connectivity index (χ3v) is 4.56. The van der Waals surface area contributed by atoms with E-state index in [0.29, 0.717) is 12.2 Å². The largest absolute Gasteiger partial charge is 0.378 e. The van der Waals surface area contributed by atoms with Gasteiger partial charge in [-0.25, -0.2) is 10.1 Å². The number of likely N-dealkylation sites (tertiary alicyclic amines) is 1. The van der Waals surface area contributed by atoms with Crippen LogP contribution in [-0.2, 0) is 6.54 Å². The molecule has 0 aliphatic carbocycles. The highest BCUT2D eigenvalue weighted by Gasteiger charge is 2.26. The first-order chi connectivity index (χ1) is 14.2. The second kappa shape index (κ2) is 8.56. The van der Waals surface area contributed by atoms with Crippen LogP contribution in [0.15, 0.2) is 34.3 Å². The summed E-state index contributed by atoms with van der Waals surface area (Å²) in [5.41, 5.74) is 9.72. The number of carbonyl (C=O) groups is 1. The lowest BCUT2D eigenvalue weighted by Gasteiger charge is -2.26. The molecule has 0 radical (unpaired) electrons. The van der Waals surface area contributed by atoms with Crippen LogP contribution in [-0.4, -0.2) is 60.4 Å². The lowest BCUT2D eigenvalue weighted by molar-refractivity contribution is 0.0947. The Morgan fingerprint density at radius 3 is 2.90 bits per heavy atom. The highest BCUT2D eigenvalue weighted by molar-refractivity contribution is 5.94. The van der Waals surface area contributed by atoms with Gasteiger partial charge in [-0.3, -0.25) is 14.7 Å². The number of nitrogens with zero attached hydrogens (tertiary/aromatic N) is 8. The van der Waals surface area contributed by atoms with Crippen molar-refractivity contribution >= 4 is 17.9 Å². The van der Waals surface area contributed by atoms with Gasteiger partial charge in [-0.05, 0) is 42.3 Å². The van der Waals surface area contributed by atoms with Crippen molar-refractivity contribution < 1.29 is 9.42 Å². The molecule has 3 aromatic rings. The Labute approximate surface area is 165 Å². The average Bonchev–Trinajstić information content (AvgIpc) is 3.35. The first-order valence-electron chi connectivity index (χ1n) is 9.21. The van der Waals surface area contributed by atoms with Crippen LogP contribution in [0.25, 0.3) is 5.82 Å². The Hall–Kier alpha value is -3.67. The maximum absolute atomic E-state index is 12.7. The molecule has 4 heterocycles. The Bertz CT molecular complexity index is 991. The zero-order valence-corrected chi connectivity index (χ0v) is 15.6. The molecule has 1 aliphatic heterocycles. The number of piperidine rings is 1. The van der Waals surface area contributed by atoms with Crippen molar-refractivity contribution in [2.24, 2.45) is 5.10 Å². The lowest BCUT2D eigenvalue weighted by Crippen LogP contribution is -2.31. The Kier molecular flexibility index (Phi) is 5.52. The number of hydrazone groups is 1. The molecule has 0 spiro atoms. The van der Waals surface area contributed by atoms with Crippen molar-refractivity contribution in [1.29, 1.82) is 0 Å². The van der Waals surface area contributed by atoms with E-state index in [4.69, 9.17) is 5.73 Å². The summed E-state index contributed by atoms with van der Waals surface area (Å²) in [6.45, 7) is 2.32. The molecule has 1 aliphatic rings. The number of nitrogens with one attached hydrogen (secondary N) is 1. The molecule has 3 N–H and O–H groups in total. The summed E-state index contributed by atoms with van der Waals surface area (Å²) in [5.74, 6) is -0.225. The van der Waals surface area contributed by atoms with Crippen LogP contribution < -0.4 is 11.2 Å². The summed E-state index contributed by atoms with van der Waals surface area (Å²) in [7, 11) is 0. The van der Waals surface area contributed by atoms with Gasteiger partial charge in [0.2, 0.25) is 11.6 Å². The van der Waals surface area contributed by atoms with E-state index in [2.05, 4.69) is 45.7 Å². The number of hydrogen-bond donors (Lipinski definition) is 2. The van der Waals surface area contributed by atoms with Crippen molar-refractivity contribution in [2.45, 2.75) is 25.8 Å². The van der Waals surface area contributed by atoms with Gasteiger partial charge in [-0.15, -0.1) is 5.10 Å². The van der Waals surface area contributed by atoms with Crippen LogP contribution in [0.4, 0.5) is 5.82 Å². The highest BCUT2D eigenvalue weighted by atomic mass is 16.6. The van der Waals surface area contributed by atoms with Crippen molar-refractivity contribution in [2.75, 3.05) is 18.8 Å². The SMILES string of the molecule is Nc1nonc1-n1nnc(C(=O)N/N=C/c2cccnc2)c1CN1CCCCC1. The van der Waals surface area contributed by atoms with E-state index in [1.807, 2.05) is 6.07 Å². The summed E-state index contributed by atoms with van der Waals surface area (Å²) in [6.07, 6.45) is 8.20. The van der Waals surface area contributed by atoms with Gasteiger partial charge in [0.25, 0.3) is 5.91 Å². The molecule has 4 rings (SSSR count). The quantitative estimate of drug-likeness (QED) is 0.444. The number of carbonyl (C=O) groups excluding carboxylic acids is 1. The monoisotopic (exact) mass is 396 g/mol. The van der Waals surface area contributed by atoms with Crippen molar-refractivity contribution in [3.63, 3.8) is 0 Å². The molecule has 12 nitrogen and oxygen atoms in total. The zero-order chi connectivity index (χ0) is 20.1. The van der Waals surface area contributed by atoms with Crippen LogP contribution in [0.1, 0.15) is 41.0 Å². The van der Waals surface area contributed by atoms with E-state index < -0.39 is 5.91 Å². The van der Waals surface area contributed by atoms with Gasteiger partial charge in [0.15, 0.2) is 5.69 Å². The second-order valence-electron chi connectivity index (χ2n) is 6.59. The van der Waals surface area contributed by atoms with Gasteiger partial charge in [0.05, 0.1) is 11.9 Å². The summed E-state index contributed by atoms with van der Waals surface area (Å²) in [4.78, 5) is 18.9. The fraction of sp³-hybridized carbons (Fsp3) is 0.353. The summed E-state index contributed by atoms with van der Waals surface area (Å²) < 4.78 is 6.06. The molecule has 0 atom stereocenters. The van der Waals surface area contributed by atoms with Crippen molar-refractivity contribution in [3.8, 4) is 5.82 Å². The number of nitrogens with two attached hydrogens (primary N) is 1. The predicted octanol–water partition coefficient (Wildman–Crippen LogP) is 0.377. The topological polar surface area (TPSA) is 153 Å². The standard InChI is InChI=1S/C17H20N10O2/c18-15-16(24-29-23-15)27-13(11-26-7-2-1-3-8-26)14(21-25-27)17(28)22-20-10-12-5-4-6-19-9-12/h4-6,9-10H,1-3,7-8,11H2,(H2,18,23)(H,22,28)/b20-10+. The van der Waals surface area contributed by atoms with E-state index in [1.54, 1.807) is 18.5 Å². The molecule has 0 aromatic carbocycles. The first kappa shape index (κ1) is 18.7. The van der Waals surface area contributed by atoms with Gasteiger partial charge >= 0.3 is 0 Å². The number of hydrogen-bond acceptors (Lipinski definition) is 10. The lowest BCUT2D eigenvalue weighted by atomic mass is 10.1. The number of amides is 1. The normalized spacial score (nSPS) is 15.0. The number of aromatic nitrogens is 6. The summed E-state index contributed by atoms with van der Waals surface area (Å²) in [5, 5.41) is 19.4. The Balaban J connectivity index is 1.58. The molecule has 1 fully saturated rings. The predicted molar refractivity (Wildman–Crippen MR) is 102 cm³/mol. The van der Waals surface area contributed by atoms with Gasteiger partial charge < -0.3 is 5.73 Å². The molecular weight excluding hydrogens is 376 g/mol. The molecule has 0 unspecified atom stereocenters. The fourth-order valence-corrected chi connectivity index (χ4v) is 3.13. The average molecular weight is 396 g/mol. The fourth-order valence-electron chi connectivity index (χ4n) is 3.13. The third-order valence-electron chi connectivity index (χ3n) is 4.56. The highest BCUT2D eigenvalue weighted by Crippen LogP contribution is 2.19. The van der Waals surface area contributed by atoms with E-state index >= 15 is 0 Å². The van der Waals surface area contributed by atoms with Crippen LogP contribution in [0.5, 0.6) is 0 Å². The minimum atomic E-state index is -0.488. The van der Waals surface area contributed by atoms with Gasteiger partial charge in [0, 0.05) is 24.5 Å². The zero-order valence-electron chi connectivity index (χ0n) is 15.6. The third kappa shape index (κ3) is 4.27. The molecule has 0 bridgehead atoms. The molecule has 3 aromatic heterocycles. The number of nitrogen functional groups attached to an aromatic ring is 1. The molecular formula is C17H20N10O2. The minimum Gasteiger partial charge on any atom is -0.378 e. The molecule has 29 heavy (non-hydrogen) atoms. The number of rotatable bonds is 6. The Morgan fingerprint density at radius 2 is 2.17 bits per heavy atom. The van der Waals surface area contributed by atoms with Gasteiger partial charge in [-0.1, -0.05) is 17.7 Å². The van der Waals surface area contributed by atoms with Crippen LogP contribution in [0.3, 0.4) is 0 Å². The smallest absolute Gasteiger partial charge is 0.293 e. The molecule has 0 saturated carbocycles. The minimum absolute atomic E-state index is 0.0661. The van der Waals surface area contributed by atoms with Crippen LogP contribution >= 0.6 is 0 Å².